The highest BCUT2D eigenvalue weighted by Gasteiger charge is 2.15. The summed E-state index contributed by atoms with van der Waals surface area (Å²) in [6.45, 7) is 4.06. The molecule has 8 heteroatoms. The molecular weight excluding hydrogens is 318 g/mol. The van der Waals surface area contributed by atoms with E-state index in [9.17, 15) is 0 Å². The van der Waals surface area contributed by atoms with Gasteiger partial charge in [0.25, 0.3) is 0 Å². The van der Waals surface area contributed by atoms with Gasteiger partial charge in [-0.05, 0) is 13.0 Å². The summed E-state index contributed by atoms with van der Waals surface area (Å²) in [6, 6.07) is 1.80. The van der Waals surface area contributed by atoms with Crippen LogP contribution in [-0.4, -0.2) is 25.1 Å². The van der Waals surface area contributed by atoms with Crippen molar-refractivity contribution < 1.29 is 4.42 Å². The zero-order valence-electron chi connectivity index (χ0n) is 12.3. The molecule has 6 nitrogen and oxygen atoms in total. The summed E-state index contributed by atoms with van der Waals surface area (Å²) in [4.78, 5) is 13.0. The van der Waals surface area contributed by atoms with E-state index in [1.165, 1.54) is 0 Å². The van der Waals surface area contributed by atoms with Gasteiger partial charge in [-0.15, -0.1) is 33.3 Å². The Balaban J connectivity index is 1.61. The van der Waals surface area contributed by atoms with Crippen molar-refractivity contribution in [3.63, 3.8) is 0 Å². The number of aryl methyl sites for hydroxylation is 1. The molecule has 0 N–H and O–H groups in total. The first-order valence-corrected chi connectivity index (χ1v) is 8.84. The number of hydrogen-bond donors (Lipinski definition) is 0. The standard InChI is InChI=1S/C14H15N5OS2/c1-3-11-18-19-13(20-11)9(2)21-7-10-8-22-14(17-10)12-15-5-4-6-16-12/h4-6,8-9H,3,7H2,1-2H3/t9-/m0/s1. The van der Waals surface area contributed by atoms with Crippen molar-refractivity contribution in [3.05, 3.63) is 41.3 Å². The minimum Gasteiger partial charge on any atom is -0.424 e. The van der Waals surface area contributed by atoms with E-state index >= 15 is 0 Å². The summed E-state index contributed by atoms with van der Waals surface area (Å²) in [5, 5.41) is 11.1. The van der Waals surface area contributed by atoms with Crippen molar-refractivity contribution in [2.75, 3.05) is 0 Å². The van der Waals surface area contributed by atoms with Crippen molar-refractivity contribution in [2.45, 2.75) is 31.3 Å². The highest BCUT2D eigenvalue weighted by atomic mass is 32.2. The molecule has 3 aromatic rings. The molecular formula is C14H15N5OS2. The first kappa shape index (κ1) is 15.1. The van der Waals surface area contributed by atoms with Gasteiger partial charge in [0.15, 0.2) is 10.8 Å². The zero-order chi connectivity index (χ0) is 15.4. The van der Waals surface area contributed by atoms with Gasteiger partial charge in [0.1, 0.15) is 0 Å². The summed E-state index contributed by atoms with van der Waals surface area (Å²) < 4.78 is 5.58. The van der Waals surface area contributed by atoms with Gasteiger partial charge in [-0.2, -0.15) is 0 Å². The van der Waals surface area contributed by atoms with Crippen LogP contribution in [0.25, 0.3) is 10.8 Å². The largest absolute Gasteiger partial charge is 0.424 e. The summed E-state index contributed by atoms with van der Waals surface area (Å²) in [7, 11) is 0. The normalized spacial score (nSPS) is 12.5. The first-order chi connectivity index (χ1) is 10.8. The Kier molecular flexibility index (Phi) is 4.79. The Labute approximate surface area is 136 Å². The highest BCUT2D eigenvalue weighted by molar-refractivity contribution is 7.98. The third kappa shape index (κ3) is 3.50. The van der Waals surface area contributed by atoms with E-state index in [0.29, 0.717) is 17.6 Å². The van der Waals surface area contributed by atoms with Crippen LogP contribution in [-0.2, 0) is 12.2 Å². The molecule has 1 atom stereocenters. The molecule has 0 aliphatic rings. The molecule has 0 spiro atoms. The fourth-order valence-electron chi connectivity index (χ4n) is 1.74. The van der Waals surface area contributed by atoms with Gasteiger partial charge in [0.2, 0.25) is 11.8 Å². The van der Waals surface area contributed by atoms with Crippen molar-refractivity contribution in [1.29, 1.82) is 0 Å². The van der Waals surface area contributed by atoms with E-state index in [-0.39, 0.29) is 5.25 Å². The molecule has 0 fully saturated rings. The molecule has 3 aromatic heterocycles. The second-order valence-electron chi connectivity index (χ2n) is 4.56. The predicted octanol–water partition coefficient (Wildman–Crippen LogP) is 3.54. The summed E-state index contributed by atoms with van der Waals surface area (Å²) >= 11 is 3.28. The molecule has 0 saturated heterocycles. The smallest absolute Gasteiger partial charge is 0.229 e. The topological polar surface area (TPSA) is 77.6 Å². The molecule has 114 valence electrons. The average molecular weight is 333 g/mol. The number of nitrogens with zero attached hydrogens (tertiary/aromatic N) is 5. The van der Waals surface area contributed by atoms with Crippen LogP contribution in [0.5, 0.6) is 0 Å². The van der Waals surface area contributed by atoms with Crippen LogP contribution in [0.1, 0.15) is 36.6 Å². The lowest BCUT2D eigenvalue weighted by Gasteiger charge is -2.04. The van der Waals surface area contributed by atoms with Crippen molar-refractivity contribution in [2.24, 2.45) is 0 Å². The van der Waals surface area contributed by atoms with Crippen LogP contribution < -0.4 is 0 Å². The lowest BCUT2D eigenvalue weighted by Crippen LogP contribution is -1.91. The fraction of sp³-hybridized carbons (Fsp3) is 0.357. The number of aromatic nitrogens is 5. The monoisotopic (exact) mass is 333 g/mol. The van der Waals surface area contributed by atoms with Gasteiger partial charge in [-0.3, -0.25) is 0 Å². The third-order valence-electron chi connectivity index (χ3n) is 2.92. The molecule has 0 aliphatic heterocycles. The van der Waals surface area contributed by atoms with Gasteiger partial charge in [0.05, 0.1) is 10.9 Å². The van der Waals surface area contributed by atoms with Crippen LogP contribution in [0, 0.1) is 0 Å². The fourth-order valence-corrected chi connectivity index (χ4v) is 3.42. The second kappa shape index (κ2) is 6.97. The van der Waals surface area contributed by atoms with Gasteiger partial charge in [0, 0.05) is 29.9 Å². The van der Waals surface area contributed by atoms with E-state index in [4.69, 9.17) is 4.42 Å². The lowest BCUT2D eigenvalue weighted by molar-refractivity contribution is 0.456. The molecule has 0 saturated carbocycles. The maximum absolute atomic E-state index is 5.58. The molecule has 22 heavy (non-hydrogen) atoms. The predicted molar refractivity (Wildman–Crippen MR) is 86.5 cm³/mol. The minimum absolute atomic E-state index is 0.144. The zero-order valence-corrected chi connectivity index (χ0v) is 13.9. The number of thiazole rings is 1. The van der Waals surface area contributed by atoms with E-state index in [1.54, 1.807) is 41.6 Å². The summed E-state index contributed by atoms with van der Waals surface area (Å²) in [6.07, 6.45) is 4.21. The Bertz CT molecular complexity index is 728. The molecule has 3 rings (SSSR count). The summed E-state index contributed by atoms with van der Waals surface area (Å²) in [5.74, 6) is 2.80. The SMILES string of the molecule is CCc1nnc([C@H](C)SCc2csc(-c3ncccn3)n2)o1. The van der Waals surface area contributed by atoms with Gasteiger partial charge < -0.3 is 4.42 Å². The maximum atomic E-state index is 5.58. The lowest BCUT2D eigenvalue weighted by atomic mass is 10.5. The van der Waals surface area contributed by atoms with Gasteiger partial charge in [-0.1, -0.05) is 6.92 Å². The molecule has 0 radical (unpaired) electrons. The average Bonchev–Trinajstić information content (AvgIpc) is 3.22. The van der Waals surface area contributed by atoms with Crippen LogP contribution in [0.2, 0.25) is 0 Å². The molecule has 0 amide bonds. The van der Waals surface area contributed by atoms with E-state index in [1.807, 2.05) is 12.3 Å². The number of thioether (sulfide) groups is 1. The number of hydrogen-bond acceptors (Lipinski definition) is 8. The van der Waals surface area contributed by atoms with Crippen LogP contribution >= 0.6 is 23.1 Å². The van der Waals surface area contributed by atoms with E-state index in [0.717, 1.165) is 22.9 Å². The highest BCUT2D eigenvalue weighted by Crippen LogP contribution is 2.31. The molecule has 0 bridgehead atoms. The second-order valence-corrected chi connectivity index (χ2v) is 6.74. The Morgan fingerprint density at radius 1 is 1.27 bits per heavy atom. The van der Waals surface area contributed by atoms with E-state index in [2.05, 4.69) is 32.1 Å². The van der Waals surface area contributed by atoms with Crippen LogP contribution in [0.4, 0.5) is 0 Å². The van der Waals surface area contributed by atoms with Crippen molar-refractivity contribution in [3.8, 4) is 10.8 Å². The Morgan fingerprint density at radius 2 is 2.09 bits per heavy atom. The van der Waals surface area contributed by atoms with Gasteiger partial charge in [-0.25, -0.2) is 15.0 Å². The first-order valence-electron chi connectivity index (χ1n) is 6.92. The van der Waals surface area contributed by atoms with E-state index < -0.39 is 0 Å². The Hall–Kier alpha value is -1.80. The maximum Gasteiger partial charge on any atom is 0.229 e. The van der Waals surface area contributed by atoms with Crippen molar-refractivity contribution in [1.82, 2.24) is 25.1 Å². The Morgan fingerprint density at radius 3 is 2.82 bits per heavy atom. The molecule has 3 heterocycles. The van der Waals surface area contributed by atoms with Crippen molar-refractivity contribution >= 4 is 23.1 Å². The minimum atomic E-state index is 0.144. The van der Waals surface area contributed by atoms with Gasteiger partial charge >= 0.3 is 0 Å². The summed E-state index contributed by atoms with van der Waals surface area (Å²) in [5.41, 5.74) is 1.01. The molecule has 0 aromatic carbocycles. The van der Waals surface area contributed by atoms with Crippen LogP contribution in [0.3, 0.4) is 0 Å². The number of rotatable bonds is 6. The molecule has 0 unspecified atom stereocenters. The molecule has 0 aliphatic carbocycles. The van der Waals surface area contributed by atoms with Crippen LogP contribution in [0.15, 0.2) is 28.3 Å². The third-order valence-corrected chi connectivity index (χ3v) is 4.97. The quantitative estimate of drug-likeness (QED) is 0.682.